The average Bonchev–Trinajstić information content (AvgIpc) is 2.82. The third-order valence-corrected chi connectivity index (χ3v) is 2.08. The zero-order valence-electron chi connectivity index (χ0n) is 8.97. The Balaban J connectivity index is 2.14. The number of phenols is 1. The standard InChI is InChI=1S/C10H10N4O3/c1-17-9-3-2-6(4-8(9)15)12-10(16)7-5-11-14-13-7/h2-5,15H,1H3,(H,12,16)(H,11,13,14). The van der Waals surface area contributed by atoms with Crippen molar-refractivity contribution in [1.82, 2.24) is 15.4 Å². The monoisotopic (exact) mass is 234 g/mol. The number of carbonyl (C=O) groups is 1. The van der Waals surface area contributed by atoms with Gasteiger partial charge in [0.2, 0.25) is 0 Å². The van der Waals surface area contributed by atoms with Gasteiger partial charge < -0.3 is 15.2 Å². The summed E-state index contributed by atoms with van der Waals surface area (Å²) in [5.74, 6) is -0.127. The molecule has 0 spiro atoms. The highest BCUT2D eigenvalue weighted by Gasteiger charge is 2.10. The molecule has 0 saturated heterocycles. The Kier molecular flexibility index (Phi) is 2.91. The molecule has 0 unspecified atom stereocenters. The number of rotatable bonds is 3. The normalized spacial score (nSPS) is 9.94. The molecule has 1 amide bonds. The highest BCUT2D eigenvalue weighted by atomic mass is 16.5. The lowest BCUT2D eigenvalue weighted by atomic mass is 10.2. The lowest BCUT2D eigenvalue weighted by Crippen LogP contribution is -2.12. The first-order valence-corrected chi connectivity index (χ1v) is 4.75. The first-order chi connectivity index (χ1) is 8.20. The molecule has 0 bridgehead atoms. The van der Waals surface area contributed by atoms with E-state index in [1.54, 1.807) is 12.1 Å². The van der Waals surface area contributed by atoms with Crippen molar-refractivity contribution in [2.75, 3.05) is 12.4 Å². The van der Waals surface area contributed by atoms with E-state index in [1.165, 1.54) is 19.4 Å². The van der Waals surface area contributed by atoms with Crippen molar-refractivity contribution in [3.63, 3.8) is 0 Å². The number of aromatic nitrogens is 3. The van der Waals surface area contributed by atoms with Gasteiger partial charge in [-0.1, -0.05) is 0 Å². The van der Waals surface area contributed by atoms with Crippen molar-refractivity contribution >= 4 is 11.6 Å². The Bertz CT molecular complexity index is 524. The third-order valence-electron chi connectivity index (χ3n) is 2.08. The molecule has 17 heavy (non-hydrogen) atoms. The Morgan fingerprint density at radius 2 is 2.35 bits per heavy atom. The number of nitrogens with zero attached hydrogens (tertiary/aromatic N) is 2. The van der Waals surface area contributed by atoms with E-state index in [9.17, 15) is 9.90 Å². The molecule has 88 valence electrons. The van der Waals surface area contributed by atoms with E-state index in [1.807, 2.05) is 0 Å². The van der Waals surface area contributed by atoms with Crippen LogP contribution < -0.4 is 10.1 Å². The summed E-state index contributed by atoms with van der Waals surface area (Å²) in [5.41, 5.74) is 0.608. The van der Waals surface area contributed by atoms with Crippen LogP contribution in [0.4, 0.5) is 5.69 Å². The van der Waals surface area contributed by atoms with Crippen LogP contribution >= 0.6 is 0 Å². The lowest BCUT2D eigenvalue weighted by molar-refractivity contribution is 0.102. The number of anilines is 1. The Morgan fingerprint density at radius 3 is 2.94 bits per heavy atom. The van der Waals surface area contributed by atoms with Crippen molar-refractivity contribution in [2.45, 2.75) is 0 Å². The van der Waals surface area contributed by atoms with Crippen LogP contribution in [0.2, 0.25) is 0 Å². The first kappa shape index (κ1) is 10.9. The summed E-state index contributed by atoms with van der Waals surface area (Å²) >= 11 is 0. The second-order valence-corrected chi connectivity index (χ2v) is 3.20. The minimum absolute atomic E-state index is 0.0505. The van der Waals surface area contributed by atoms with Crippen LogP contribution in [0.5, 0.6) is 11.5 Å². The number of nitrogens with one attached hydrogen (secondary N) is 2. The van der Waals surface area contributed by atoms with E-state index in [0.717, 1.165) is 0 Å². The minimum atomic E-state index is -0.414. The molecule has 0 radical (unpaired) electrons. The summed E-state index contributed by atoms with van der Waals surface area (Å²) in [6, 6.07) is 4.54. The fourth-order valence-electron chi connectivity index (χ4n) is 1.27. The van der Waals surface area contributed by atoms with Gasteiger partial charge in [0.15, 0.2) is 17.2 Å². The minimum Gasteiger partial charge on any atom is -0.504 e. The molecule has 2 aromatic rings. The van der Waals surface area contributed by atoms with Crippen molar-refractivity contribution < 1.29 is 14.6 Å². The predicted octanol–water partition coefficient (Wildman–Crippen LogP) is 0.771. The molecule has 0 aliphatic carbocycles. The van der Waals surface area contributed by atoms with Gasteiger partial charge in [0.05, 0.1) is 13.3 Å². The van der Waals surface area contributed by atoms with Gasteiger partial charge in [-0.2, -0.15) is 15.4 Å². The van der Waals surface area contributed by atoms with Crippen LogP contribution in [0.15, 0.2) is 24.4 Å². The molecule has 0 saturated carbocycles. The van der Waals surface area contributed by atoms with E-state index in [4.69, 9.17) is 4.74 Å². The van der Waals surface area contributed by atoms with E-state index in [-0.39, 0.29) is 11.4 Å². The van der Waals surface area contributed by atoms with Crippen molar-refractivity contribution in [1.29, 1.82) is 0 Å². The van der Waals surface area contributed by atoms with Crippen LogP contribution in [0, 0.1) is 0 Å². The number of amides is 1. The number of aromatic hydroxyl groups is 1. The number of phenolic OH excluding ortho intramolecular Hbond substituents is 1. The van der Waals surface area contributed by atoms with Crippen LogP contribution in [0.1, 0.15) is 10.5 Å². The molecule has 0 aliphatic rings. The molecule has 0 fully saturated rings. The molecule has 1 aromatic heterocycles. The van der Waals surface area contributed by atoms with E-state index < -0.39 is 5.91 Å². The summed E-state index contributed by atoms with van der Waals surface area (Å²) in [6.07, 6.45) is 1.30. The number of benzene rings is 1. The maximum atomic E-state index is 11.6. The second kappa shape index (κ2) is 4.52. The van der Waals surface area contributed by atoms with Crippen LogP contribution in [-0.4, -0.2) is 33.5 Å². The van der Waals surface area contributed by atoms with Crippen LogP contribution in [0.25, 0.3) is 0 Å². The smallest absolute Gasteiger partial charge is 0.277 e. The summed E-state index contributed by atoms with van der Waals surface area (Å²) in [6.45, 7) is 0. The molecule has 2 rings (SSSR count). The number of carbonyl (C=O) groups excluding carboxylic acids is 1. The molecule has 7 nitrogen and oxygen atoms in total. The molecular weight excluding hydrogens is 224 g/mol. The topological polar surface area (TPSA) is 100 Å². The third kappa shape index (κ3) is 2.33. The number of hydrogen-bond acceptors (Lipinski definition) is 5. The summed E-state index contributed by atoms with van der Waals surface area (Å²) in [7, 11) is 1.45. The maximum absolute atomic E-state index is 11.6. The van der Waals surface area contributed by atoms with Gasteiger partial charge in [-0.25, -0.2) is 0 Å². The van der Waals surface area contributed by atoms with Gasteiger partial charge in [0.25, 0.3) is 5.91 Å². The van der Waals surface area contributed by atoms with Gasteiger partial charge in [-0.3, -0.25) is 4.79 Å². The molecule has 3 N–H and O–H groups in total. The summed E-state index contributed by atoms with van der Waals surface area (Å²) in [5, 5.41) is 21.6. The molecular formula is C10H10N4O3. The molecule has 7 heteroatoms. The zero-order valence-corrected chi connectivity index (χ0v) is 8.97. The molecule has 0 atom stereocenters. The molecule has 1 heterocycles. The Hall–Kier alpha value is -2.57. The van der Waals surface area contributed by atoms with Gasteiger partial charge in [0, 0.05) is 11.8 Å². The van der Waals surface area contributed by atoms with Crippen molar-refractivity contribution in [3.8, 4) is 11.5 Å². The molecule has 0 aliphatic heterocycles. The zero-order chi connectivity index (χ0) is 12.3. The van der Waals surface area contributed by atoms with Gasteiger partial charge in [-0.15, -0.1) is 0 Å². The van der Waals surface area contributed by atoms with Gasteiger partial charge >= 0.3 is 0 Å². The number of methoxy groups -OCH3 is 1. The Morgan fingerprint density at radius 1 is 1.53 bits per heavy atom. The van der Waals surface area contributed by atoms with Crippen molar-refractivity contribution in [2.24, 2.45) is 0 Å². The number of aromatic amines is 1. The number of hydrogen-bond donors (Lipinski definition) is 3. The first-order valence-electron chi connectivity index (χ1n) is 4.75. The van der Waals surface area contributed by atoms with Crippen LogP contribution in [-0.2, 0) is 0 Å². The average molecular weight is 234 g/mol. The predicted molar refractivity (Wildman–Crippen MR) is 59.0 cm³/mol. The largest absolute Gasteiger partial charge is 0.504 e. The number of H-pyrrole nitrogens is 1. The van der Waals surface area contributed by atoms with Gasteiger partial charge in [-0.05, 0) is 12.1 Å². The van der Waals surface area contributed by atoms with E-state index >= 15 is 0 Å². The maximum Gasteiger partial charge on any atom is 0.277 e. The van der Waals surface area contributed by atoms with Crippen molar-refractivity contribution in [3.05, 3.63) is 30.1 Å². The van der Waals surface area contributed by atoms with E-state index in [2.05, 4.69) is 20.7 Å². The highest BCUT2D eigenvalue weighted by Crippen LogP contribution is 2.28. The summed E-state index contributed by atoms with van der Waals surface area (Å²) < 4.78 is 4.89. The fraction of sp³-hybridized carbons (Fsp3) is 0.100. The fourth-order valence-corrected chi connectivity index (χ4v) is 1.27. The SMILES string of the molecule is COc1ccc(NC(=O)c2cn[nH]n2)cc1O. The van der Waals surface area contributed by atoms with E-state index in [0.29, 0.717) is 11.4 Å². The van der Waals surface area contributed by atoms with Crippen LogP contribution in [0.3, 0.4) is 0 Å². The molecule has 1 aromatic carbocycles. The summed E-state index contributed by atoms with van der Waals surface area (Å²) in [4.78, 5) is 11.6. The highest BCUT2D eigenvalue weighted by molar-refractivity contribution is 6.02. The second-order valence-electron chi connectivity index (χ2n) is 3.20. The Labute approximate surface area is 96.4 Å². The lowest BCUT2D eigenvalue weighted by Gasteiger charge is -2.06. The quantitative estimate of drug-likeness (QED) is 0.728. The number of ether oxygens (including phenoxy) is 1. The van der Waals surface area contributed by atoms with Gasteiger partial charge in [0.1, 0.15) is 0 Å².